The average Bonchev–Trinajstić information content (AvgIpc) is 1.70. The molecular weight excluding hydrogens is 251 g/mol. The summed E-state index contributed by atoms with van der Waals surface area (Å²) in [6.07, 6.45) is 0. The predicted octanol–water partition coefficient (Wildman–Crippen LogP) is -3.63. The van der Waals surface area contributed by atoms with Crippen molar-refractivity contribution < 1.29 is 29.4 Å². The first kappa shape index (κ1) is 29.3. The summed E-state index contributed by atoms with van der Waals surface area (Å²) in [6, 6.07) is 0. The van der Waals surface area contributed by atoms with E-state index < -0.39 is 27.1 Å². The minimum Gasteiger partial charge on any atom is -0.844 e. The largest absolute Gasteiger partial charge is 3.00 e. The molecule has 0 bridgehead atoms. The Labute approximate surface area is 76.9 Å². The van der Waals surface area contributed by atoms with Gasteiger partial charge in [-0.2, -0.15) is 0 Å². The third kappa shape index (κ3) is 321. The Bertz CT molecular complexity index is 15.7. The quantitative estimate of drug-likeness (QED) is 0.408. The second-order valence-corrected chi connectivity index (χ2v) is 0.750. The summed E-state index contributed by atoms with van der Waals surface area (Å²) in [5, 5.41) is 0. The average molecular weight is 254 g/mol. The first-order chi connectivity index (χ1) is 4.24. The van der Waals surface area contributed by atoms with Gasteiger partial charge in [0.05, 0.1) is 0 Å². The molecule has 0 amide bonds. The maximum Gasteiger partial charge on any atom is 3.00 e. The molecule has 0 aromatic heterocycles. The van der Waals surface area contributed by atoms with E-state index in [-0.39, 0.29) is 19.8 Å². The summed E-state index contributed by atoms with van der Waals surface area (Å²) in [7, 11) is -4.25. The van der Waals surface area contributed by atoms with Gasteiger partial charge < -0.3 is 56.5 Å². The van der Waals surface area contributed by atoms with E-state index >= 15 is 0 Å². The van der Waals surface area contributed by atoms with Crippen molar-refractivity contribution in [1.82, 2.24) is 0 Å². The first-order valence-corrected chi connectivity index (χ1v) is 3.67. The molecule has 0 N–H and O–H groups in total. The van der Waals surface area contributed by atoms with Crippen LogP contribution in [0.15, 0.2) is 0 Å². The molecule has 0 heterocycles. The standard InChI is InChI=1S/3HO2P.2P/c3*1-3-2;;/h3*3H;;/q3*-2;2*+3. The summed E-state index contributed by atoms with van der Waals surface area (Å²) in [5.74, 6) is 0. The van der Waals surface area contributed by atoms with E-state index in [0.717, 1.165) is 0 Å². The van der Waals surface area contributed by atoms with Crippen LogP contribution >= 0.6 is 46.9 Å². The van der Waals surface area contributed by atoms with Gasteiger partial charge in [-0.1, -0.05) is 0 Å². The van der Waals surface area contributed by atoms with Crippen LogP contribution < -0.4 is 29.4 Å². The summed E-state index contributed by atoms with van der Waals surface area (Å²) in [5.41, 5.74) is 0. The molecule has 64 valence electrons. The maximum atomic E-state index is 8.40. The van der Waals surface area contributed by atoms with E-state index in [1.54, 1.807) is 0 Å². The van der Waals surface area contributed by atoms with Gasteiger partial charge in [-0.25, -0.2) is 0 Å². The molecule has 0 saturated heterocycles. The molecule has 0 aromatic rings. The van der Waals surface area contributed by atoms with Crippen molar-refractivity contribution in [1.29, 1.82) is 0 Å². The predicted molar refractivity (Wildman–Crippen MR) is 38.8 cm³/mol. The zero-order valence-corrected chi connectivity index (χ0v) is 9.63. The van der Waals surface area contributed by atoms with Crippen LogP contribution in [-0.4, -0.2) is 0 Å². The van der Waals surface area contributed by atoms with E-state index in [2.05, 4.69) is 0 Å². The summed E-state index contributed by atoms with van der Waals surface area (Å²) >= 11 is 0. The van der Waals surface area contributed by atoms with Crippen LogP contribution in [0.4, 0.5) is 0 Å². The number of hydrogen-bond acceptors (Lipinski definition) is 6. The molecule has 11 heavy (non-hydrogen) atoms. The van der Waals surface area contributed by atoms with Crippen LogP contribution in [-0.2, 0) is 0 Å². The molecule has 0 aliphatic heterocycles. The van der Waals surface area contributed by atoms with Gasteiger partial charge in [0.15, 0.2) is 0 Å². The van der Waals surface area contributed by atoms with Crippen LogP contribution in [0.1, 0.15) is 0 Å². The van der Waals surface area contributed by atoms with Crippen LogP contribution in [0.5, 0.6) is 0 Å². The van der Waals surface area contributed by atoms with Crippen molar-refractivity contribution in [2.24, 2.45) is 0 Å². The van der Waals surface area contributed by atoms with Crippen LogP contribution in [0.3, 0.4) is 0 Å². The van der Waals surface area contributed by atoms with Gasteiger partial charge in [0.1, 0.15) is 0 Å². The summed E-state index contributed by atoms with van der Waals surface area (Å²) in [4.78, 5) is 50.4. The van der Waals surface area contributed by atoms with Crippen molar-refractivity contribution in [3.63, 3.8) is 0 Å². The normalized spacial score (nSPS) is 4.91. The van der Waals surface area contributed by atoms with Gasteiger partial charge in [0, 0.05) is 0 Å². The maximum absolute atomic E-state index is 8.40. The van der Waals surface area contributed by atoms with Gasteiger partial charge >= 0.3 is 19.8 Å². The molecule has 0 spiro atoms. The Morgan fingerprint density at radius 3 is 0.455 bits per heavy atom. The molecule has 4 radical (unpaired) electrons. The molecule has 0 saturated carbocycles. The van der Waals surface area contributed by atoms with E-state index in [4.69, 9.17) is 29.4 Å². The molecule has 0 atom stereocenters. The van der Waals surface area contributed by atoms with Crippen molar-refractivity contribution >= 4 is 46.9 Å². The molecule has 0 unspecified atom stereocenters. The van der Waals surface area contributed by atoms with E-state index in [1.807, 2.05) is 0 Å². The third-order valence-corrected chi connectivity index (χ3v) is 0. The molecule has 0 fully saturated rings. The third-order valence-electron chi connectivity index (χ3n) is 0. The Morgan fingerprint density at radius 2 is 0.455 bits per heavy atom. The zero-order chi connectivity index (χ0) is 8.12. The molecule has 0 aliphatic rings. The first-order valence-electron chi connectivity index (χ1n) is 1.22. The molecule has 0 rings (SSSR count). The fourth-order valence-electron chi connectivity index (χ4n) is 0. The monoisotopic (exact) mass is 254 g/mol. The van der Waals surface area contributed by atoms with Gasteiger partial charge in [0.25, 0.3) is 0 Å². The summed E-state index contributed by atoms with van der Waals surface area (Å²) < 4.78 is 0. The van der Waals surface area contributed by atoms with Crippen molar-refractivity contribution in [3.8, 4) is 0 Å². The second-order valence-electron chi connectivity index (χ2n) is 0.250. The minimum absolute atomic E-state index is 0. The van der Waals surface area contributed by atoms with E-state index in [1.165, 1.54) is 0 Å². The Morgan fingerprint density at radius 1 is 0.455 bits per heavy atom. The van der Waals surface area contributed by atoms with Gasteiger partial charge in [0.2, 0.25) is 0 Å². The molecule has 0 aliphatic carbocycles. The fraction of sp³-hybridized carbons (Fsp3) is 0. The minimum atomic E-state index is -1.42. The number of rotatable bonds is 0. The van der Waals surface area contributed by atoms with Crippen molar-refractivity contribution in [2.45, 2.75) is 0 Å². The zero-order valence-electron chi connectivity index (χ0n) is 4.84. The van der Waals surface area contributed by atoms with Crippen LogP contribution in [0, 0.1) is 0 Å². The van der Waals surface area contributed by atoms with Gasteiger partial charge in [-0.3, -0.25) is 0 Å². The van der Waals surface area contributed by atoms with Crippen LogP contribution in [0.2, 0.25) is 0 Å². The Hall–Kier alpha value is 1.91. The molecular formula is H3O6P5. The Balaban J connectivity index is -0.0000000150. The van der Waals surface area contributed by atoms with E-state index in [0.29, 0.717) is 0 Å². The Kier molecular flexibility index (Phi) is 156. The van der Waals surface area contributed by atoms with Gasteiger partial charge in [-0.05, 0) is 0 Å². The van der Waals surface area contributed by atoms with E-state index in [9.17, 15) is 0 Å². The topological polar surface area (TPSA) is 138 Å². The van der Waals surface area contributed by atoms with Crippen molar-refractivity contribution in [2.75, 3.05) is 0 Å². The smallest absolute Gasteiger partial charge is 0.844 e. The van der Waals surface area contributed by atoms with Crippen molar-refractivity contribution in [3.05, 3.63) is 0 Å². The van der Waals surface area contributed by atoms with Crippen LogP contribution in [0.25, 0.3) is 0 Å². The SMILES string of the molecule is [O-]P[O-].[O-]P[O-].[O-]P[O-].[P+3].[P+3]. The number of hydrogen-bond donors (Lipinski definition) is 0. The second kappa shape index (κ2) is 58.8. The summed E-state index contributed by atoms with van der Waals surface area (Å²) in [6.45, 7) is 0. The van der Waals surface area contributed by atoms with Gasteiger partial charge in [-0.15, -0.1) is 0 Å². The molecule has 6 nitrogen and oxygen atoms in total. The molecule has 11 heteroatoms. The fourth-order valence-corrected chi connectivity index (χ4v) is 0. The molecule has 0 aromatic carbocycles.